The van der Waals surface area contributed by atoms with Gasteiger partial charge in [-0.05, 0) is 55.2 Å². The topological polar surface area (TPSA) is 72.7 Å². The predicted molar refractivity (Wildman–Crippen MR) is 122 cm³/mol. The standard InChI is InChI=1S/C26H22FN3O3/c1-2-33-26(32)23-21-12-7-13-22(30(21)29-24(23)19-10-5-6-11-20(19)27)25(31)28-18-14-16-8-3-4-9-17(16)15-18/h3-13,18H,2,14-15H2,1H3,(H,28,31). The first-order chi connectivity index (χ1) is 16.1. The summed E-state index contributed by atoms with van der Waals surface area (Å²) in [4.78, 5) is 26.0. The van der Waals surface area contributed by atoms with Gasteiger partial charge < -0.3 is 10.1 Å². The van der Waals surface area contributed by atoms with Gasteiger partial charge in [0.1, 0.15) is 22.8 Å². The van der Waals surface area contributed by atoms with Crippen LogP contribution in [0.5, 0.6) is 0 Å². The van der Waals surface area contributed by atoms with Gasteiger partial charge in [-0.15, -0.1) is 0 Å². The fourth-order valence-corrected chi connectivity index (χ4v) is 4.41. The number of nitrogens with zero attached hydrogens (tertiary/aromatic N) is 2. The number of benzene rings is 2. The molecule has 1 N–H and O–H groups in total. The number of nitrogens with one attached hydrogen (secondary N) is 1. The minimum atomic E-state index is -0.616. The summed E-state index contributed by atoms with van der Waals surface area (Å²) in [5.74, 6) is -1.44. The van der Waals surface area contributed by atoms with E-state index < -0.39 is 11.8 Å². The number of ether oxygens (including phenoxy) is 1. The van der Waals surface area contributed by atoms with Crippen molar-refractivity contribution in [2.45, 2.75) is 25.8 Å². The summed E-state index contributed by atoms with van der Waals surface area (Å²) in [6.07, 6.45) is 1.51. The van der Waals surface area contributed by atoms with Crippen LogP contribution in [0.25, 0.3) is 16.8 Å². The van der Waals surface area contributed by atoms with Crippen molar-refractivity contribution in [1.29, 1.82) is 0 Å². The van der Waals surface area contributed by atoms with E-state index in [0.717, 1.165) is 12.8 Å². The van der Waals surface area contributed by atoms with Crippen LogP contribution in [-0.2, 0) is 17.6 Å². The van der Waals surface area contributed by atoms with Gasteiger partial charge in [0.2, 0.25) is 0 Å². The smallest absolute Gasteiger partial charge is 0.342 e. The third kappa shape index (κ3) is 3.75. The maximum absolute atomic E-state index is 14.6. The van der Waals surface area contributed by atoms with Gasteiger partial charge in [0.05, 0.1) is 12.1 Å². The molecule has 5 rings (SSSR count). The summed E-state index contributed by atoms with van der Waals surface area (Å²) in [6, 6.07) is 19.2. The summed E-state index contributed by atoms with van der Waals surface area (Å²) in [7, 11) is 0. The third-order valence-electron chi connectivity index (χ3n) is 5.88. The van der Waals surface area contributed by atoms with Crippen LogP contribution in [0.3, 0.4) is 0 Å². The van der Waals surface area contributed by atoms with E-state index in [0.29, 0.717) is 5.52 Å². The molecule has 1 aliphatic rings. The normalized spacial score (nSPS) is 13.2. The van der Waals surface area contributed by atoms with Gasteiger partial charge in [0.15, 0.2) is 0 Å². The molecule has 1 aliphatic carbocycles. The van der Waals surface area contributed by atoms with Gasteiger partial charge >= 0.3 is 5.97 Å². The Labute approximate surface area is 190 Å². The second kappa shape index (κ2) is 8.50. The van der Waals surface area contributed by atoms with E-state index in [2.05, 4.69) is 22.5 Å². The van der Waals surface area contributed by atoms with Crippen LogP contribution < -0.4 is 5.32 Å². The van der Waals surface area contributed by atoms with Gasteiger partial charge in [-0.1, -0.05) is 42.5 Å². The highest BCUT2D eigenvalue weighted by molar-refractivity contribution is 6.04. The summed E-state index contributed by atoms with van der Waals surface area (Å²) in [5, 5.41) is 7.58. The average Bonchev–Trinajstić information content (AvgIpc) is 3.40. The predicted octanol–water partition coefficient (Wildman–Crippen LogP) is 4.21. The lowest BCUT2D eigenvalue weighted by Crippen LogP contribution is -2.36. The number of rotatable bonds is 5. The highest BCUT2D eigenvalue weighted by atomic mass is 19.1. The second-order valence-electron chi connectivity index (χ2n) is 7.98. The minimum absolute atomic E-state index is 0.0312. The van der Waals surface area contributed by atoms with Gasteiger partial charge in [-0.2, -0.15) is 5.10 Å². The van der Waals surface area contributed by atoms with Crippen molar-refractivity contribution >= 4 is 17.4 Å². The number of carbonyl (C=O) groups is 2. The molecule has 33 heavy (non-hydrogen) atoms. The molecule has 166 valence electrons. The van der Waals surface area contributed by atoms with Crippen molar-refractivity contribution in [2.24, 2.45) is 0 Å². The fourth-order valence-electron chi connectivity index (χ4n) is 4.41. The molecule has 6 nitrogen and oxygen atoms in total. The van der Waals surface area contributed by atoms with Crippen LogP contribution in [0, 0.1) is 5.82 Å². The second-order valence-corrected chi connectivity index (χ2v) is 7.98. The number of pyridine rings is 1. The summed E-state index contributed by atoms with van der Waals surface area (Å²) in [5.41, 5.74) is 3.54. The molecule has 0 aliphatic heterocycles. The number of esters is 1. The van der Waals surface area contributed by atoms with Crippen molar-refractivity contribution in [2.75, 3.05) is 6.61 Å². The number of fused-ring (bicyclic) bond motifs is 2. The van der Waals surface area contributed by atoms with Gasteiger partial charge in [0.25, 0.3) is 5.91 Å². The maximum atomic E-state index is 14.6. The summed E-state index contributed by atoms with van der Waals surface area (Å²) in [6.45, 7) is 1.86. The van der Waals surface area contributed by atoms with Crippen LogP contribution in [0.2, 0.25) is 0 Å². The molecule has 0 spiro atoms. The first kappa shape index (κ1) is 20.9. The molecule has 0 saturated carbocycles. The Balaban J connectivity index is 1.55. The quantitative estimate of drug-likeness (QED) is 0.469. The van der Waals surface area contributed by atoms with Crippen LogP contribution in [0.1, 0.15) is 38.9 Å². The number of aromatic nitrogens is 2. The zero-order valence-electron chi connectivity index (χ0n) is 18.0. The molecule has 0 saturated heterocycles. The summed E-state index contributed by atoms with van der Waals surface area (Å²) >= 11 is 0. The van der Waals surface area contributed by atoms with Gasteiger partial charge in [-0.3, -0.25) is 4.79 Å². The number of halogens is 1. The molecule has 0 fully saturated rings. The third-order valence-corrected chi connectivity index (χ3v) is 5.88. The van der Waals surface area contributed by atoms with E-state index in [-0.39, 0.29) is 41.1 Å². The Kier molecular flexibility index (Phi) is 5.38. The Morgan fingerprint density at radius 3 is 2.42 bits per heavy atom. The average molecular weight is 443 g/mol. The summed E-state index contributed by atoms with van der Waals surface area (Å²) < 4.78 is 21.2. The van der Waals surface area contributed by atoms with Crippen LogP contribution in [0.4, 0.5) is 4.39 Å². The van der Waals surface area contributed by atoms with Crippen molar-refractivity contribution in [3.05, 3.63) is 94.9 Å². The zero-order valence-corrected chi connectivity index (χ0v) is 18.0. The molecular formula is C26H22FN3O3. The lowest BCUT2D eigenvalue weighted by molar-refractivity contribution is 0.0529. The van der Waals surface area contributed by atoms with E-state index in [1.807, 2.05) is 12.1 Å². The number of amides is 1. The first-order valence-electron chi connectivity index (χ1n) is 10.9. The van der Waals surface area contributed by atoms with Gasteiger partial charge in [-0.25, -0.2) is 13.7 Å². The molecule has 7 heteroatoms. The van der Waals surface area contributed by atoms with Crippen molar-refractivity contribution in [3.63, 3.8) is 0 Å². The number of carbonyl (C=O) groups excluding carboxylic acids is 2. The molecule has 2 aromatic heterocycles. The van der Waals surface area contributed by atoms with Crippen LogP contribution in [0.15, 0.2) is 66.7 Å². The largest absolute Gasteiger partial charge is 0.462 e. The zero-order chi connectivity index (χ0) is 22.9. The van der Waals surface area contributed by atoms with Gasteiger partial charge in [0, 0.05) is 11.6 Å². The van der Waals surface area contributed by atoms with Crippen molar-refractivity contribution in [1.82, 2.24) is 14.9 Å². The molecule has 2 aromatic carbocycles. The van der Waals surface area contributed by atoms with E-state index in [1.54, 1.807) is 43.3 Å². The van der Waals surface area contributed by atoms with Crippen molar-refractivity contribution < 1.29 is 18.7 Å². The Morgan fingerprint density at radius 2 is 1.73 bits per heavy atom. The Bertz CT molecular complexity index is 1350. The molecule has 0 radical (unpaired) electrons. The number of hydrogen-bond acceptors (Lipinski definition) is 4. The lowest BCUT2D eigenvalue weighted by atomic mass is 10.1. The van der Waals surface area contributed by atoms with Crippen LogP contribution >= 0.6 is 0 Å². The molecule has 1 amide bonds. The van der Waals surface area contributed by atoms with E-state index in [1.165, 1.54) is 21.7 Å². The molecule has 0 atom stereocenters. The van der Waals surface area contributed by atoms with E-state index in [9.17, 15) is 14.0 Å². The SMILES string of the molecule is CCOC(=O)c1c(-c2ccccc2F)nn2c(C(=O)NC3Cc4ccccc4C3)cccc12. The molecule has 0 bridgehead atoms. The minimum Gasteiger partial charge on any atom is -0.462 e. The van der Waals surface area contributed by atoms with Crippen LogP contribution in [-0.4, -0.2) is 34.1 Å². The Morgan fingerprint density at radius 1 is 1.03 bits per heavy atom. The lowest BCUT2D eigenvalue weighted by Gasteiger charge is -2.13. The Hall–Kier alpha value is -4.00. The highest BCUT2D eigenvalue weighted by Crippen LogP contribution is 2.30. The molecule has 4 aromatic rings. The van der Waals surface area contributed by atoms with Crippen molar-refractivity contribution in [3.8, 4) is 11.3 Å². The maximum Gasteiger partial charge on any atom is 0.342 e. The number of hydrogen-bond donors (Lipinski definition) is 1. The van der Waals surface area contributed by atoms with E-state index >= 15 is 0 Å². The fraction of sp³-hybridized carbons (Fsp3) is 0.192. The monoisotopic (exact) mass is 443 g/mol. The molecule has 2 heterocycles. The van der Waals surface area contributed by atoms with E-state index in [4.69, 9.17) is 4.74 Å². The molecular weight excluding hydrogens is 421 g/mol. The molecule has 0 unspecified atom stereocenters. The highest BCUT2D eigenvalue weighted by Gasteiger charge is 2.28. The first-order valence-corrected chi connectivity index (χ1v) is 10.9.